The van der Waals surface area contributed by atoms with Crippen LogP contribution in [0.4, 0.5) is 4.39 Å². The highest BCUT2D eigenvalue weighted by Gasteiger charge is 2.53. The fraction of sp³-hybridized carbons (Fsp3) is 0.625. The SMILES string of the molecule is CCCOc1c(F)ccc(C)c1B1OC(C)(C)C(C)(C)O1. The summed E-state index contributed by atoms with van der Waals surface area (Å²) in [6.07, 6.45) is 0.816. The smallest absolute Gasteiger partial charge is 0.491 e. The largest absolute Gasteiger partial charge is 0.499 e. The first-order chi connectivity index (χ1) is 9.69. The number of halogens is 1. The van der Waals surface area contributed by atoms with Crippen molar-refractivity contribution in [3.63, 3.8) is 0 Å². The Bertz CT molecular complexity index is 512. The van der Waals surface area contributed by atoms with Crippen molar-refractivity contribution in [2.45, 2.75) is 59.2 Å². The molecule has 0 bridgehead atoms. The van der Waals surface area contributed by atoms with Gasteiger partial charge in [0.05, 0.1) is 17.8 Å². The lowest BCUT2D eigenvalue weighted by Crippen LogP contribution is -2.41. The highest BCUT2D eigenvalue weighted by Crippen LogP contribution is 2.37. The molecule has 0 atom stereocenters. The number of aryl methyl sites for hydroxylation is 1. The summed E-state index contributed by atoms with van der Waals surface area (Å²) in [6.45, 7) is 12.3. The molecule has 116 valence electrons. The highest BCUT2D eigenvalue weighted by atomic mass is 19.1. The monoisotopic (exact) mass is 294 g/mol. The van der Waals surface area contributed by atoms with Crippen LogP contribution in [0.25, 0.3) is 0 Å². The predicted octanol–water partition coefficient (Wildman–Crippen LogP) is 3.22. The lowest BCUT2D eigenvalue weighted by molar-refractivity contribution is 0.00578. The Balaban J connectivity index is 2.42. The van der Waals surface area contributed by atoms with Crippen molar-refractivity contribution in [1.29, 1.82) is 0 Å². The van der Waals surface area contributed by atoms with Crippen LogP contribution in [0.15, 0.2) is 12.1 Å². The van der Waals surface area contributed by atoms with Crippen molar-refractivity contribution in [2.24, 2.45) is 0 Å². The molecule has 5 heteroatoms. The van der Waals surface area contributed by atoms with Crippen LogP contribution < -0.4 is 10.2 Å². The Hall–Kier alpha value is -1.07. The van der Waals surface area contributed by atoms with Gasteiger partial charge in [-0.1, -0.05) is 13.0 Å². The summed E-state index contributed by atoms with van der Waals surface area (Å²) in [7, 11) is -0.613. The maximum absolute atomic E-state index is 14.2. The molecule has 1 saturated heterocycles. The molecule has 1 heterocycles. The number of hydrogen-bond donors (Lipinski definition) is 0. The molecular weight excluding hydrogens is 270 g/mol. The molecule has 0 aromatic heterocycles. The average molecular weight is 294 g/mol. The van der Waals surface area contributed by atoms with Crippen molar-refractivity contribution in [3.05, 3.63) is 23.5 Å². The van der Waals surface area contributed by atoms with Crippen LogP contribution >= 0.6 is 0 Å². The molecule has 0 N–H and O–H groups in total. The molecule has 0 radical (unpaired) electrons. The zero-order chi connectivity index (χ0) is 15.8. The molecule has 0 spiro atoms. The Labute approximate surface area is 126 Å². The molecule has 1 aliphatic rings. The standard InChI is InChI=1S/C16H24BFO3/c1-7-10-19-14-12(18)9-8-11(2)13(14)17-20-15(3,4)16(5,6)21-17/h8-9H,7,10H2,1-6H3. The molecule has 21 heavy (non-hydrogen) atoms. The van der Waals surface area contributed by atoms with E-state index >= 15 is 0 Å². The summed E-state index contributed by atoms with van der Waals surface area (Å²) >= 11 is 0. The van der Waals surface area contributed by atoms with E-state index in [1.165, 1.54) is 6.07 Å². The number of hydrogen-bond acceptors (Lipinski definition) is 3. The van der Waals surface area contributed by atoms with Crippen LogP contribution in [0.2, 0.25) is 0 Å². The van der Waals surface area contributed by atoms with Crippen molar-refractivity contribution in [2.75, 3.05) is 6.61 Å². The zero-order valence-electron chi connectivity index (χ0n) is 13.7. The molecule has 2 rings (SSSR count). The minimum Gasteiger partial charge on any atom is -0.491 e. The average Bonchev–Trinajstić information content (AvgIpc) is 2.59. The van der Waals surface area contributed by atoms with E-state index in [9.17, 15) is 4.39 Å². The van der Waals surface area contributed by atoms with E-state index in [1.807, 2.05) is 41.5 Å². The zero-order valence-corrected chi connectivity index (χ0v) is 13.7. The second-order valence-electron chi connectivity index (χ2n) is 6.54. The lowest BCUT2D eigenvalue weighted by Gasteiger charge is -2.32. The fourth-order valence-corrected chi connectivity index (χ4v) is 2.28. The van der Waals surface area contributed by atoms with Gasteiger partial charge >= 0.3 is 7.12 Å². The van der Waals surface area contributed by atoms with Gasteiger partial charge in [0, 0.05) is 5.46 Å². The third-order valence-corrected chi connectivity index (χ3v) is 4.31. The third-order valence-electron chi connectivity index (χ3n) is 4.31. The Morgan fingerprint density at radius 2 is 1.71 bits per heavy atom. The van der Waals surface area contributed by atoms with Crippen LogP contribution in [0, 0.1) is 12.7 Å². The Kier molecular flexibility index (Phi) is 4.36. The van der Waals surface area contributed by atoms with Crippen LogP contribution in [0.5, 0.6) is 5.75 Å². The summed E-state index contributed by atoms with van der Waals surface area (Å²) in [4.78, 5) is 0. The normalized spacial score (nSPS) is 19.9. The molecule has 1 fully saturated rings. The quantitative estimate of drug-likeness (QED) is 0.798. The molecule has 1 aromatic carbocycles. The van der Waals surface area contributed by atoms with Crippen molar-refractivity contribution in [3.8, 4) is 5.75 Å². The molecule has 0 amide bonds. The molecule has 0 aliphatic carbocycles. The summed E-state index contributed by atoms with van der Waals surface area (Å²) in [5.74, 6) is -0.130. The lowest BCUT2D eigenvalue weighted by atomic mass is 9.75. The molecular formula is C16H24BFO3. The van der Waals surface area contributed by atoms with Crippen molar-refractivity contribution in [1.82, 2.24) is 0 Å². The molecule has 0 unspecified atom stereocenters. The first-order valence-electron chi connectivity index (χ1n) is 7.47. The summed E-state index contributed by atoms with van der Waals surface area (Å²) in [5.41, 5.74) is 0.639. The first kappa shape index (κ1) is 16.3. The summed E-state index contributed by atoms with van der Waals surface area (Å²) < 4.78 is 31.8. The molecule has 0 saturated carbocycles. The minimum absolute atomic E-state index is 0.246. The van der Waals surface area contributed by atoms with Gasteiger partial charge < -0.3 is 14.0 Å². The van der Waals surface area contributed by atoms with Gasteiger partial charge in [0.15, 0.2) is 11.6 Å². The van der Waals surface area contributed by atoms with Gasteiger partial charge in [-0.25, -0.2) is 4.39 Å². The van der Waals surface area contributed by atoms with E-state index in [4.69, 9.17) is 14.0 Å². The third kappa shape index (κ3) is 2.95. The van der Waals surface area contributed by atoms with E-state index < -0.39 is 18.3 Å². The Morgan fingerprint density at radius 3 is 2.24 bits per heavy atom. The molecule has 3 nitrogen and oxygen atoms in total. The minimum atomic E-state index is -0.613. The van der Waals surface area contributed by atoms with Gasteiger partial charge in [0.1, 0.15) is 0 Å². The van der Waals surface area contributed by atoms with Crippen LogP contribution in [-0.4, -0.2) is 24.9 Å². The van der Waals surface area contributed by atoms with Crippen LogP contribution in [-0.2, 0) is 9.31 Å². The van der Waals surface area contributed by atoms with Gasteiger partial charge in [0.25, 0.3) is 0 Å². The highest BCUT2D eigenvalue weighted by molar-refractivity contribution is 6.63. The van der Waals surface area contributed by atoms with Gasteiger partial charge in [-0.2, -0.15) is 0 Å². The number of benzene rings is 1. The van der Waals surface area contributed by atoms with E-state index in [0.29, 0.717) is 12.1 Å². The van der Waals surface area contributed by atoms with Gasteiger partial charge in [-0.3, -0.25) is 0 Å². The maximum atomic E-state index is 14.2. The van der Waals surface area contributed by atoms with E-state index in [0.717, 1.165) is 12.0 Å². The van der Waals surface area contributed by atoms with E-state index in [2.05, 4.69) is 0 Å². The summed E-state index contributed by atoms with van der Waals surface area (Å²) in [6, 6.07) is 3.16. The van der Waals surface area contributed by atoms with E-state index in [-0.39, 0.29) is 11.6 Å². The van der Waals surface area contributed by atoms with E-state index in [1.54, 1.807) is 6.07 Å². The van der Waals surface area contributed by atoms with Crippen molar-refractivity contribution >= 4 is 12.6 Å². The Morgan fingerprint density at radius 1 is 1.14 bits per heavy atom. The molecule has 1 aliphatic heterocycles. The fourth-order valence-electron chi connectivity index (χ4n) is 2.28. The topological polar surface area (TPSA) is 27.7 Å². The van der Waals surface area contributed by atoms with Gasteiger partial charge in [-0.15, -0.1) is 0 Å². The molecule has 1 aromatic rings. The second-order valence-corrected chi connectivity index (χ2v) is 6.54. The van der Waals surface area contributed by atoms with Crippen LogP contribution in [0.1, 0.15) is 46.6 Å². The van der Waals surface area contributed by atoms with Gasteiger partial charge in [0.2, 0.25) is 0 Å². The second kappa shape index (κ2) is 5.62. The van der Waals surface area contributed by atoms with Gasteiger partial charge in [-0.05, 0) is 52.7 Å². The number of rotatable bonds is 4. The predicted molar refractivity (Wildman–Crippen MR) is 82.6 cm³/mol. The van der Waals surface area contributed by atoms with Crippen molar-refractivity contribution < 1.29 is 18.4 Å². The number of ether oxygens (including phenoxy) is 1. The maximum Gasteiger partial charge on any atom is 0.499 e. The van der Waals surface area contributed by atoms with Crippen LogP contribution in [0.3, 0.4) is 0 Å². The summed E-state index contributed by atoms with van der Waals surface area (Å²) in [5, 5.41) is 0. The first-order valence-corrected chi connectivity index (χ1v) is 7.47.